The predicted octanol–water partition coefficient (Wildman–Crippen LogP) is 0.670. The lowest BCUT2D eigenvalue weighted by Crippen LogP contribution is -2.22. The Morgan fingerprint density at radius 1 is 0.947 bits per heavy atom. The first-order chi connectivity index (χ1) is 8.77. The molecule has 2 rings (SSSR count). The van der Waals surface area contributed by atoms with Gasteiger partial charge in [0.05, 0.1) is 5.56 Å². The first-order valence-electron chi connectivity index (χ1n) is 5.08. The van der Waals surface area contributed by atoms with E-state index in [1.165, 1.54) is 0 Å². The van der Waals surface area contributed by atoms with Gasteiger partial charge >= 0.3 is 0 Å². The van der Waals surface area contributed by atoms with Crippen molar-refractivity contribution < 1.29 is 34.8 Å². The van der Waals surface area contributed by atoms with Crippen molar-refractivity contribution in [2.75, 3.05) is 0 Å². The third-order valence-corrected chi connectivity index (χ3v) is 2.76. The Balaban J connectivity index is 2.96. The molecule has 0 spiro atoms. The van der Waals surface area contributed by atoms with Crippen LogP contribution in [0.25, 0.3) is 6.08 Å². The van der Waals surface area contributed by atoms with Gasteiger partial charge < -0.3 is 20.4 Å². The Hall–Kier alpha value is -2.83. The van der Waals surface area contributed by atoms with E-state index in [1.54, 1.807) is 0 Å². The molecule has 7 nitrogen and oxygen atoms in total. The fraction of sp³-hybridized carbons (Fsp3) is 0.0833. The number of aromatic hydroxyl groups is 3. The van der Waals surface area contributed by atoms with Crippen molar-refractivity contribution in [3.8, 4) is 17.2 Å². The standard InChI is InChI=1S/C12H8O7/c1-3(13)6-10(17)7-4(8(15)11(6)18)2-5(14)9(16)12(7)19/h2,14-15,17-18H,1H3. The van der Waals surface area contributed by atoms with Gasteiger partial charge in [0.2, 0.25) is 5.78 Å². The van der Waals surface area contributed by atoms with E-state index in [1.807, 2.05) is 0 Å². The van der Waals surface area contributed by atoms with E-state index in [0.717, 1.165) is 13.0 Å². The van der Waals surface area contributed by atoms with Crippen molar-refractivity contribution in [3.05, 3.63) is 22.4 Å². The quantitative estimate of drug-likeness (QED) is 0.253. The molecule has 1 aromatic carbocycles. The number of benzene rings is 1. The molecule has 4 N–H and O–H groups in total. The highest BCUT2D eigenvalue weighted by Crippen LogP contribution is 2.45. The summed E-state index contributed by atoms with van der Waals surface area (Å²) in [5.41, 5.74) is -1.70. The summed E-state index contributed by atoms with van der Waals surface area (Å²) in [4.78, 5) is 34.3. The number of fused-ring (bicyclic) bond motifs is 1. The number of ketones is 3. The highest BCUT2D eigenvalue weighted by atomic mass is 16.3. The van der Waals surface area contributed by atoms with Gasteiger partial charge in [-0.2, -0.15) is 0 Å². The van der Waals surface area contributed by atoms with Gasteiger partial charge in [-0.1, -0.05) is 0 Å². The highest BCUT2D eigenvalue weighted by molar-refractivity contribution is 6.52. The summed E-state index contributed by atoms with van der Waals surface area (Å²) in [7, 11) is 0. The summed E-state index contributed by atoms with van der Waals surface area (Å²) in [6, 6.07) is 0. The molecule has 0 radical (unpaired) electrons. The fourth-order valence-electron chi connectivity index (χ4n) is 1.87. The van der Waals surface area contributed by atoms with Gasteiger partial charge in [-0.15, -0.1) is 0 Å². The first kappa shape index (κ1) is 12.6. The van der Waals surface area contributed by atoms with Gasteiger partial charge in [0, 0.05) is 5.56 Å². The Morgan fingerprint density at radius 3 is 2.05 bits per heavy atom. The normalized spacial score (nSPS) is 14.1. The number of carbonyl (C=O) groups is 3. The largest absolute Gasteiger partial charge is 0.506 e. The number of phenolic OH excluding ortho intramolecular Hbond substituents is 3. The lowest BCUT2D eigenvalue weighted by Gasteiger charge is -2.17. The molecule has 0 heterocycles. The van der Waals surface area contributed by atoms with Crippen LogP contribution in [0, 0.1) is 0 Å². The molecule has 1 aromatic rings. The minimum Gasteiger partial charge on any atom is -0.506 e. The fourth-order valence-corrected chi connectivity index (χ4v) is 1.87. The zero-order valence-corrected chi connectivity index (χ0v) is 9.59. The molecular weight excluding hydrogens is 256 g/mol. The predicted molar refractivity (Wildman–Crippen MR) is 61.4 cm³/mol. The number of allylic oxidation sites excluding steroid dienone is 1. The minimum absolute atomic E-state index is 0.415. The Bertz CT molecular complexity index is 682. The molecule has 0 atom stereocenters. The highest BCUT2D eigenvalue weighted by Gasteiger charge is 2.36. The Kier molecular flexibility index (Phi) is 2.55. The number of hydrogen-bond donors (Lipinski definition) is 4. The Labute approximate surface area is 106 Å². The monoisotopic (exact) mass is 264 g/mol. The molecule has 19 heavy (non-hydrogen) atoms. The van der Waals surface area contributed by atoms with Gasteiger partial charge in [0.1, 0.15) is 11.3 Å². The van der Waals surface area contributed by atoms with Crippen LogP contribution in [0.5, 0.6) is 17.2 Å². The summed E-state index contributed by atoms with van der Waals surface area (Å²) in [5, 5.41) is 38.3. The molecule has 0 saturated heterocycles. The molecule has 98 valence electrons. The average Bonchev–Trinajstić information content (AvgIpc) is 2.32. The van der Waals surface area contributed by atoms with Crippen molar-refractivity contribution >= 4 is 23.4 Å². The molecule has 0 fully saturated rings. The van der Waals surface area contributed by atoms with Crippen LogP contribution in [0.15, 0.2) is 5.76 Å². The van der Waals surface area contributed by atoms with E-state index >= 15 is 0 Å². The molecule has 1 aliphatic carbocycles. The van der Waals surface area contributed by atoms with E-state index < -0.39 is 57.0 Å². The van der Waals surface area contributed by atoms with Gasteiger partial charge in [0.25, 0.3) is 5.78 Å². The Morgan fingerprint density at radius 2 is 1.53 bits per heavy atom. The molecule has 0 aromatic heterocycles. The van der Waals surface area contributed by atoms with Crippen molar-refractivity contribution in [3.63, 3.8) is 0 Å². The molecule has 0 amide bonds. The summed E-state index contributed by atoms with van der Waals surface area (Å²) < 4.78 is 0. The third kappa shape index (κ3) is 1.55. The molecule has 0 unspecified atom stereocenters. The molecule has 7 heteroatoms. The lowest BCUT2D eigenvalue weighted by atomic mass is 9.89. The zero-order valence-electron chi connectivity index (χ0n) is 9.59. The number of phenols is 3. The number of aliphatic hydroxyl groups is 1. The molecule has 0 bridgehead atoms. The van der Waals surface area contributed by atoms with Crippen LogP contribution in [0.1, 0.15) is 33.2 Å². The number of aliphatic hydroxyl groups excluding tert-OH is 1. The van der Waals surface area contributed by atoms with Crippen LogP contribution < -0.4 is 0 Å². The van der Waals surface area contributed by atoms with Crippen molar-refractivity contribution in [2.24, 2.45) is 0 Å². The van der Waals surface area contributed by atoms with Crippen LogP contribution in [0.3, 0.4) is 0 Å². The smallest absolute Gasteiger partial charge is 0.267 e. The second-order valence-electron chi connectivity index (χ2n) is 3.95. The van der Waals surface area contributed by atoms with Crippen LogP contribution in [0.4, 0.5) is 0 Å². The second kappa shape index (κ2) is 3.84. The van der Waals surface area contributed by atoms with Gasteiger partial charge in [0.15, 0.2) is 23.0 Å². The van der Waals surface area contributed by atoms with Gasteiger partial charge in [-0.05, 0) is 13.0 Å². The van der Waals surface area contributed by atoms with E-state index in [4.69, 9.17) is 0 Å². The van der Waals surface area contributed by atoms with E-state index in [-0.39, 0.29) is 0 Å². The summed E-state index contributed by atoms with van der Waals surface area (Å²) in [5.74, 6) is -6.97. The van der Waals surface area contributed by atoms with E-state index in [0.29, 0.717) is 0 Å². The minimum atomic E-state index is -1.28. The lowest BCUT2D eigenvalue weighted by molar-refractivity contribution is -0.114. The molecule has 0 saturated carbocycles. The van der Waals surface area contributed by atoms with Crippen LogP contribution in [-0.4, -0.2) is 37.8 Å². The van der Waals surface area contributed by atoms with E-state index in [9.17, 15) is 34.8 Å². The molecule has 1 aliphatic rings. The van der Waals surface area contributed by atoms with Gasteiger partial charge in [-0.3, -0.25) is 14.4 Å². The number of carbonyl (C=O) groups excluding carboxylic acids is 3. The van der Waals surface area contributed by atoms with E-state index in [2.05, 4.69) is 0 Å². The SMILES string of the molecule is CC(=O)c1c(O)c(O)c2c(c1O)C(=O)C(=O)C(O)=C2. The van der Waals surface area contributed by atoms with Crippen LogP contribution in [-0.2, 0) is 4.79 Å². The second-order valence-corrected chi connectivity index (χ2v) is 3.95. The maximum Gasteiger partial charge on any atom is 0.267 e. The number of hydrogen-bond acceptors (Lipinski definition) is 7. The summed E-state index contributed by atoms with van der Waals surface area (Å²) in [6.07, 6.45) is 0.734. The molecular formula is C12H8O7. The topological polar surface area (TPSA) is 132 Å². The average molecular weight is 264 g/mol. The van der Waals surface area contributed by atoms with Gasteiger partial charge in [-0.25, -0.2) is 0 Å². The summed E-state index contributed by atoms with van der Waals surface area (Å²) >= 11 is 0. The van der Waals surface area contributed by atoms with Crippen molar-refractivity contribution in [2.45, 2.75) is 6.92 Å². The van der Waals surface area contributed by atoms with Crippen LogP contribution in [0.2, 0.25) is 0 Å². The maximum atomic E-state index is 11.7. The first-order valence-corrected chi connectivity index (χ1v) is 5.08. The third-order valence-electron chi connectivity index (χ3n) is 2.76. The van der Waals surface area contributed by atoms with Crippen molar-refractivity contribution in [1.82, 2.24) is 0 Å². The zero-order chi connectivity index (χ0) is 14.5. The number of rotatable bonds is 1. The van der Waals surface area contributed by atoms with Crippen molar-refractivity contribution in [1.29, 1.82) is 0 Å². The van der Waals surface area contributed by atoms with Crippen LogP contribution >= 0.6 is 0 Å². The number of Topliss-reactive ketones (excluding diaryl/α,β-unsaturated/α-hetero) is 3. The maximum absolute atomic E-state index is 11.7. The summed E-state index contributed by atoms with van der Waals surface area (Å²) in [6.45, 7) is 1.00. The molecule has 0 aliphatic heterocycles.